The summed E-state index contributed by atoms with van der Waals surface area (Å²) in [6.45, 7) is 11.2. The highest BCUT2D eigenvalue weighted by Crippen LogP contribution is 2.55. The van der Waals surface area contributed by atoms with Gasteiger partial charge in [-0.3, -0.25) is 0 Å². The normalized spacial score (nSPS) is 29.4. The molecular weight excluding hydrogens is 272 g/mol. The van der Waals surface area contributed by atoms with E-state index in [1.54, 1.807) is 17.2 Å². The Morgan fingerprint density at radius 2 is 2.14 bits per heavy atom. The van der Waals surface area contributed by atoms with Crippen LogP contribution in [0.2, 0.25) is 0 Å². The van der Waals surface area contributed by atoms with Crippen LogP contribution in [0.1, 0.15) is 65.7 Å². The molecule has 2 atom stereocenters. The Kier molecular flexibility index (Phi) is 5.31. The zero-order chi connectivity index (χ0) is 16.3. The highest BCUT2D eigenvalue weighted by Gasteiger charge is 2.43. The predicted molar refractivity (Wildman–Crippen MR) is 91.5 cm³/mol. The van der Waals surface area contributed by atoms with Gasteiger partial charge in [-0.25, -0.2) is 4.79 Å². The monoisotopic (exact) mass is 302 g/mol. The molecule has 2 aliphatic carbocycles. The van der Waals surface area contributed by atoms with Crippen molar-refractivity contribution in [2.24, 2.45) is 11.3 Å². The largest absolute Gasteiger partial charge is 0.466 e. The van der Waals surface area contributed by atoms with Crippen molar-refractivity contribution in [3.8, 4) is 0 Å². The number of hydrogen-bond donors (Lipinski definition) is 0. The summed E-state index contributed by atoms with van der Waals surface area (Å²) in [7, 11) is 1.43. The van der Waals surface area contributed by atoms with Crippen LogP contribution < -0.4 is 0 Å². The lowest BCUT2D eigenvalue weighted by Gasteiger charge is -2.48. The molecule has 0 aliphatic heterocycles. The Hall–Kier alpha value is -1.31. The molecule has 0 aromatic heterocycles. The van der Waals surface area contributed by atoms with Crippen molar-refractivity contribution in [1.29, 1.82) is 0 Å². The van der Waals surface area contributed by atoms with Crippen molar-refractivity contribution in [3.05, 3.63) is 34.9 Å². The Morgan fingerprint density at radius 1 is 1.41 bits per heavy atom. The summed E-state index contributed by atoms with van der Waals surface area (Å²) in [4.78, 5) is 11.3. The van der Waals surface area contributed by atoms with Crippen LogP contribution in [0.4, 0.5) is 0 Å². The highest BCUT2D eigenvalue weighted by molar-refractivity contribution is 5.82. The maximum absolute atomic E-state index is 11.3. The number of carbonyl (C=O) groups excluding carboxylic acids is 1. The van der Waals surface area contributed by atoms with Gasteiger partial charge in [0.05, 0.1) is 7.11 Å². The number of methoxy groups -OCH3 is 1. The Bertz CT molecular complexity index is 524. The van der Waals surface area contributed by atoms with Gasteiger partial charge in [-0.1, -0.05) is 35.8 Å². The zero-order valence-electron chi connectivity index (χ0n) is 14.6. The molecule has 0 heterocycles. The molecule has 0 amide bonds. The molecule has 0 aromatic carbocycles. The smallest absolute Gasteiger partial charge is 0.330 e. The Labute approximate surface area is 135 Å². The third kappa shape index (κ3) is 3.37. The summed E-state index contributed by atoms with van der Waals surface area (Å²) < 4.78 is 4.71. The Balaban J connectivity index is 2.14. The first kappa shape index (κ1) is 17.1. The van der Waals surface area contributed by atoms with Gasteiger partial charge in [0.1, 0.15) is 0 Å². The molecule has 0 radical (unpaired) electrons. The number of carbonyl (C=O) groups is 1. The zero-order valence-corrected chi connectivity index (χ0v) is 14.6. The van der Waals surface area contributed by atoms with E-state index in [1.807, 2.05) is 6.92 Å². The van der Waals surface area contributed by atoms with Crippen LogP contribution >= 0.6 is 0 Å². The minimum atomic E-state index is -0.250. The number of allylic oxidation sites excluding steroid dienone is 4. The first-order chi connectivity index (χ1) is 10.4. The minimum absolute atomic E-state index is 0.250. The average Bonchev–Trinajstić information content (AvgIpc) is 2.46. The van der Waals surface area contributed by atoms with Crippen LogP contribution in [-0.2, 0) is 9.53 Å². The van der Waals surface area contributed by atoms with Crippen LogP contribution in [0.15, 0.2) is 34.9 Å². The lowest BCUT2D eigenvalue weighted by atomic mass is 9.56. The fourth-order valence-electron chi connectivity index (χ4n) is 4.53. The lowest BCUT2D eigenvalue weighted by molar-refractivity contribution is -0.134. The minimum Gasteiger partial charge on any atom is -0.466 e. The standard InChI is InChI=1S/C20H30O2/c1-14(13-19(21)22-5)8-10-17-16(3)9-11-18-15(2)7-6-12-20(17,18)4/h13,17H,3,6-12H2,1-2,4-5H3/b14-13+/t17-,20+/m0/s1. The van der Waals surface area contributed by atoms with Gasteiger partial charge < -0.3 is 4.74 Å². The van der Waals surface area contributed by atoms with Gasteiger partial charge in [-0.2, -0.15) is 0 Å². The number of hydrogen-bond acceptors (Lipinski definition) is 2. The van der Waals surface area contributed by atoms with Gasteiger partial charge >= 0.3 is 5.97 Å². The van der Waals surface area contributed by atoms with Gasteiger partial charge in [0.25, 0.3) is 0 Å². The van der Waals surface area contributed by atoms with Crippen LogP contribution in [0.25, 0.3) is 0 Å². The van der Waals surface area contributed by atoms with Gasteiger partial charge in [-0.15, -0.1) is 0 Å². The Morgan fingerprint density at radius 3 is 2.82 bits per heavy atom. The van der Waals surface area contributed by atoms with Gasteiger partial charge in [0.15, 0.2) is 0 Å². The summed E-state index contributed by atoms with van der Waals surface area (Å²) in [5, 5.41) is 0. The van der Waals surface area contributed by atoms with E-state index in [9.17, 15) is 4.79 Å². The first-order valence-electron chi connectivity index (χ1n) is 8.50. The topological polar surface area (TPSA) is 26.3 Å². The third-order valence-corrected chi connectivity index (χ3v) is 5.80. The van der Waals surface area contributed by atoms with Crippen molar-refractivity contribution in [2.45, 2.75) is 65.7 Å². The van der Waals surface area contributed by atoms with Crippen molar-refractivity contribution in [1.82, 2.24) is 0 Å². The molecule has 0 aromatic rings. The van der Waals surface area contributed by atoms with Crippen LogP contribution in [0.3, 0.4) is 0 Å². The third-order valence-electron chi connectivity index (χ3n) is 5.80. The fraction of sp³-hybridized carbons (Fsp3) is 0.650. The molecule has 22 heavy (non-hydrogen) atoms. The molecule has 1 saturated carbocycles. The van der Waals surface area contributed by atoms with E-state index in [4.69, 9.17) is 4.74 Å². The van der Waals surface area contributed by atoms with E-state index in [0.717, 1.165) is 24.8 Å². The lowest BCUT2D eigenvalue weighted by Crippen LogP contribution is -2.37. The molecule has 122 valence electrons. The van der Waals surface area contributed by atoms with Gasteiger partial charge in [0.2, 0.25) is 0 Å². The number of ether oxygens (including phenoxy) is 1. The molecule has 2 rings (SSSR count). The molecule has 2 nitrogen and oxygen atoms in total. The van der Waals surface area contributed by atoms with Crippen LogP contribution in [0.5, 0.6) is 0 Å². The SMILES string of the molecule is C=C1CCC2=C(C)CCC[C@]2(C)[C@H]1CC/C(C)=C/C(=O)OC. The van der Waals surface area contributed by atoms with Gasteiger partial charge in [-0.05, 0) is 70.1 Å². The average molecular weight is 302 g/mol. The highest BCUT2D eigenvalue weighted by atomic mass is 16.5. The molecule has 0 saturated heterocycles. The van der Waals surface area contributed by atoms with Crippen molar-refractivity contribution in [3.63, 3.8) is 0 Å². The van der Waals surface area contributed by atoms with E-state index in [-0.39, 0.29) is 5.97 Å². The van der Waals surface area contributed by atoms with Crippen molar-refractivity contribution < 1.29 is 9.53 Å². The molecule has 0 spiro atoms. The molecule has 2 heteroatoms. The van der Waals surface area contributed by atoms with Crippen molar-refractivity contribution in [2.75, 3.05) is 7.11 Å². The summed E-state index contributed by atoms with van der Waals surface area (Å²) in [5.41, 5.74) is 6.13. The fourth-order valence-corrected chi connectivity index (χ4v) is 4.53. The quantitative estimate of drug-likeness (QED) is 0.397. The van der Waals surface area contributed by atoms with E-state index in [2.05, 4.69) is 20.4 Å². The van der Waals surface area contributed by atoms with E-state index in [1.165, 1.54) is 38.4 Å². The second-order valence-electron chi connectivity index (χ2n) is 7.29. The maximum atomic E-state index is 11.3. The van der Waals surface area contributed by atoms with Crippen LogP contribution in [-0.4, -0.2) is 13.1 Å². The summed E-state index contributed by atoms with van der Waals surface area (Å²) in [6, 6.07) is 0. The van der Waals surface area contributed by atoms with E-state index >= 15 is 0 Å². The maximum Gasteiger partial charge on any atom is 0.330 e. The number of esters is 1. The summed E-state index contributed by atoms with van der Waals surface area (Å²) in [5.74, 6) is 0.299. The van der Waals surface area contributed by atoms with E-state index < -0.39 is 0 Å². The molecule has 0 N–H and O–H groups in total. The van der Waals surface area contributed by atoms with Crippen molar-refractivity contribution >= 4 is 5.97 Å². The first-order valence-corrected chi connectivity index (χ1v) is 8.50. The molecule has 0 bridgehead atoms. The second kappa shape index (κ2) is 6.85. The van der Waals surface area contributed by atoms with E-state index in [0.29, 0.717) is 11.3 Å². The molecule has 2 aliphatic rings. The summed E-state index contributed by atoms with van der Waals surface area (Å²) >= 11 is 0. The molecule has 0 unspecified atom stereocenters. The number of fused-ring (bicyclic) bond motifs is 1. The predicted octanol–water partition coefficient (Wildman–Crippen LogP) is 5.36. The number of rotatable bonds is 4. The summed E-state index contributed by atoms with van der Waals surface area (Å²) in [6.07, 6.45) is 9.84. The second-order valence-corrected chi connectivity index (χ2v) is 7.29. The van der Waals surface area contributed by atoms with Gasteiger partial charge in [0, 0.05) is 6.08 Å². The molecular formula is C20H30O2. The van der Waals surface area contributed by atoms with Crippen LogP contribution in [0, 0.1) is 11.3 Å². The molecule has 1 fully saturated rings.